The fraction of sp³-hybridized carbons (Fsp3) is 0.211. The normalized spacial score (nSPS) is 12.9. The molecule has 0 radical (unpaired) electrons. The van der Waals surface area contributed by atoms with Crippen LogP contribution in [-0.4, -0.2) is 31.6 Å². The van der Waals surface area contributed by atoms with Gasteiger partial charge in [0.1, 0.15) is 11.5 Å². The van der Waals surface area contributed by atoms with Gasteiger partial charge in [-0.05, 0) is 49.9 Å². The third-order valence-electron chi connectivity index (χ3n) is 4.55. The Morgan fingerprint density at radius 3 is 2.50 bits per heavy atom. The molecule has 4 rings (SSSR count). The molecule has 8 nitrogen and oxygen atoms in total. The minimum Gasteiger partial charge on any atom is -0.266 e. The summed E-state index contributed by atoms with van der Waals surface area (Å²) in [7, 11) is 0. The number of carbonyl (C=O) groups is 2. The van der Waals surface area contributed by atoms with E-state index in [0.717, 1.165) is 36.9 Å². The molecule has 0 spiro atoms. The molecule has 1 aliphatic carbocycles. The Morgan fingerprint density at radius 2 is 1.75 bits per heavy atom. The Balaban J connectivity index is 1.58. The second kappa shape index (κ2) is 7.55. The van der Waals surface area contributed by atoms with Gasteiger partial charge in [0.05, 0.1) is 11.9 Å². The Kier molecular flexibility index (Phi) is 4.79. The maximum atomic E-state index is 13.2. The summed E-state index contributed by atoms with van der Waals surface area (Å²) in [5.74, 6) is -1.43. The van der Waals surface area contributed by atoms with Crippen LogP contribution in [0.25, 0.3) is 5.69 Å². The minimum atomic E-state index is -0.576. The first-order valence-electron chi connectivity index (χ1n) is 8.87. The number of rotatable bonds is 3. The number of amides is 2. The number of hydrogen-bond acceptors (Lipinski definition) is 5. The van der Waals surface area contributed by atoms with Crippen LogP contribution in [0.3, 0.4) is 0 Å². The van der Waals surface area contributed by atoms with E-state index in [1.807, 2.05) is 0 Å². The van der Waals surface area contributed by atoms with Gasteiger partial charge in [0.15, 0.2) is 5.69 Å². The summed E-state index contributed by atoms with van der Waals surface area (Å²) in [5, 5.41) is 4.45. The lowest BCUT2D eigenvalue weighted by molar-refractivity contribution is 0.0840. The number of nitrogens with zero attached hydrogens (tertiary/aromatic N) is 4. The number of carbonyl (C=O) groups excluding carboxylic acids is 2. The van der Waals surface area contributed by atoms with Gasteiger partial charge < -0.3 is 0 Å². The lowest BCUT2D eigenvalue weighted by atomic mass is 9.95. The number of hydrogen-bond donors (Lipinski definition) is 2. The summed E-state index contributed by atoms with van der Waals surface area (Å²) < 4.78 is 14.9. The third kappa shape index (κ3) is 3.46. The SMILES string of the molecule is O=C(NNC(=O)c1nn(-c2ccc(F)cc2)c2c1CCCC2)c1cnccn1. The second-order valence-corrected chi connectivity index (χ2v) is 6.37. The summed E-state index contributed by atoms with van der Waals surface area (Å²) in [6.07, 6.45) is 7.57. The van der Waals surface area contributed by atoms with Crippen molar-refractivity contribution in [2.45, 2.75) is 25.7 Å². The molecule has 1 aromatic carbocycles. The van der Waals surface area contributed by atoms with Gasteiger partial charge in [-0.15, -0.1) is 0 Å². The van der Waals surface area contributed by atoms with E-state index in [1.54, 1.807) is 16.8 Å². The molecule has 1 aliphatic rings. The molecule has 0 bridgehead atoms. The molecule has 2 amide bonds. The van der Waals surface area contributed by atoms with Gasteiger partial charge in [-0.1, -0.05) is 0 Å². The van der Waals surface area contributed by atoms with Gasteiger partial charge in [-0.3, -0.25) is 25.4 Å². The van der Waals surface area contributed by atoms with Crippen LogP contribution in [0.5, 0.6) is 0 Å². The molecule has 0 unspecified atom stereocenters. The van der Waals surface area contributed by atoms with Gasteiger partial charge in [-0.2, -0.15) is 5.10 Å². The fourth-order valence-electron chi connectivity index (χ4n) is 3.23. The molecule has 3 aromatic rings. The first-order valence-corrected chi connectivity index (χ1v) is 8.87. The van der Waals surface area contributed by atoms with Crippen molar-refractivity contribution in [3.8, 4) is 5.69 Å². The van der Waals surface area contributed by atoms with Crippen molar-refractivity contribution in [2.24, 2.45) is 0 Å². The lowest BCUT2D eigenvalue weighted by Gasteiger charge is -2.14. The predicted octanol–water partition coefficient (Wildman–Crippen LogP) is 1.75. The van der Waals surface area contributed by atoms with E-state index in [2.05, 4.69) is 25.9 Å². The maximum Gasteiger partial charge on any atom is 0.290 e. The smallest absolute Gasteiger partial charge is 0.266 e. The molecule has 28 heavy (non-hydrogen) atoms. The number of aromatic nitrogens is 4. The van der Waals surface area contributed by atoms with E-state index in [1.165, 1.54) is 30.7 Å². The lowest BCUT2D eigenvalue weighted by Crippen LogP contribution is -2.42. The Hall–Kier alpha value is -3.62. The van der Waals surface area contributed by atoms with Gasteiger partial charge in [-0.25, -0.2) is 14.1 Å². The molecular formula is C19H17FN6O2. The monoisotopic (exact) mass is 380 g/mol. The predicted molar refractivity (Wildman–Crippen MR) is 97.1 cm³/mol. The highest BCUT2D eigenvalue weighted by Crippen LogP contribution is 2.27. The van der Waals surface area contributed by atoms with E-state index in [9.17, 15) is 14.0 Å². The van der Waals surface area contributed by atoms with Crippen LogP contribution in [0.4, 0.5) is 4.39 Å². The van der Waals surface area contributed by atoms with Crippen molar-refractivity contribution in [1.29, 1.82) is 0 Å². The van der Waals surface area contributed by atoms with Crippen molar-refractivity contribution in [3.05, 3.63) is 71.3 Å². The van der Waals surface area contributed by atoms with Gasteiger partial charge in [0.2, 0.25) is 0 Å². The van der Waals surface area contributed by atoms with Crippen LogP contribution < -0.4 is 10.9 Å². The highest BCUT2D eigenvalue weighted by Gasteiger charge is 2.26. The molecule has 2 aromatic heterocycles. The molecule has 9 heteroatoms. The highest BCUT2D eigenvalue weighted by molar-refractivity contribution is 5.98. The number of nitrogens with one attached hydrogen (secondary N) is 2. The molecule has 2 N–H and O–H groups in total. The molecular weight excluding hydrogens is 363 g/mol. The van der Waals surface area contributed by atoms with E-state index in [0.29, 0.717) is 5.69 Å². The highest BCUT2D eigenvalue weighted by atomic mass is 19.1. The third-order valence-corrected chi connectivity index (χ3v) is 4.55. The molecule has 0 saturated carbocycles. The van der Waals surface area contributed by atoms with Crippen LogP contribution in [0.2, 0.25) is 0 Å². The van der Waals surface area contributed by atoms with Crippen LogP contribution in [-0.2, 0) is 12.8 Å². The largest absolute Gasteiger partial charge is 0.290 e. The summed E-state index contributed by atoms with van der Waals surface area (Å²) in [4.78, 5) is 32.4. The summed E-state index contributed by atoms with van der Waals surface area (Å²) in [5.41, 5.74) is 7.50. The van der Waals surface area contributed by atoms with Crippen molar-refractivity contribution in [2.75, 3.05) is 0 Å². The second-order valence-electron chi connectivity index (χ2n) is 6.37. The van der Waals surface area contributed by atoms with Gasteiger partial charge in [0, 0.05) is 23.7 Å². The van der Waals surface area contributed by atoms with Crippen LogP contribution in [0.15, 0.2) is 42.9 Å². The molecule has 0 atom stereocenters. The summed E-state index contributed by atoms with van der Waals surface area (Å²) in [6, 6.07) is 5.95. The van der Waals surface area contributed by atoms with Crippen molar-refractivity contribution < 1.29 is 14.0 Å². The van der Waals surface area contributed by atoms with Crippen LogP contribution in [0, 0.1) is 5.82 Å². The van der Waals surface area contributed by atoms with Crippen molar-refractivity contribution >= 4 is 11.8 Å². The molecule has 142 valence electrons. The fourth-order valence-corrected chi connectivity index (χ4v) is 3.23. The molecule has 2 heterocycles. The zero-order chi connectivity index (χ0) is 19.5. The summed E-state index contributed by atoms with van der Waals surface area (Å²) in [6.45, 7) is 0. The Morgan fingerprint density at radius 1 is 1.00 bits per heavy atom. The number of benzene rings is 1. The first kappa shape index (κ1) is 17.8. The van der Waals surface area contributed by atoms with Gasteiger partial charge in [0.25, 0.3) is 11.8 Å². The molecule has 0 saturated heterocycles. The van der Waals surface area contributed by atoms with Crippen LogP contribution >= 0.6 is 0 Å². The zero-order valence-corrected chi connectivity index (χ0v) is 14.9. The van der Waals surface area contributed by atoms with E-state index in [-0.39, 0.29) is 17.2 Å². The standard InChI is InChI=1S/C19H17FN6O2/c20-12-5-7-13(8-6-12)26-16-4-2-1-3-14(16)17(25-26)19(28)24-23-18(27)15-11-21-9-10-22-15/h5-11H,1-4H2,(H,23,27)(H,24,28). The number of hydrazine groups is 1. The molecule has 0 fully saturated rings. The van der Waals surface area contributed by atoms with E-state index >= 15 is 0 Å². The van der Waals surface area contributed by atoms with Crippen molar-refractivity contribution in [3.63, 3.8) is 0 Å². The minimum absolute atomic E-state index is 0.0849. The van der Waals surface area contributed by atoms with E-state index < -0.39 is 11.8 Å². The topological polar surface area (TPSA) is 102 Å². The van der Waals surface area contributed by atoms with E-state index in [4.69, 9.17) is 0 Å². The van der Waals surface area contributed by atoms with Gasteiger partial charge >= 0.3 is 0 Å². The summed E-state index contributed by atoms with van der Waals surface area (Å²) >= 11 is 0. The average molecular weight is 380 g/mol. The number of halogens is 1. The van der Waals surface area contributed by atoms with Crippen molar-refractivity contribution in [1.82, 2.24) is 30.6 Å². The number of fused-ring (bicyclic) bond motifs is 1. The zero-order valence-electron chi connectivity index (χ0n) is 14.9. The Labute approximate surface area is 159 Å². The first-order chi connectivity index (χ1) is 13.6. The van der Waals surface area contributed by atoms with Crippen LogP contribution in [0.1, 0.15) is 45.1 Å². The quantitative estimate of drug-likeness (QED) is 0.674. The maximum absolute atomic E-state index is 13.2. The Bertz CT molecular complexity index is 1020. The average Bonchev–Trinajstić information content (AvgIpc) is 3.13. The molecule has 0 aliphatic heterocycles.